The number of aliphatic hydroxyl groups excluding tert-OH is 1. The topological polar surface area (TPSA) is 160 Å². The highest BCUT2D eigenvalue weighted by Gasteiger charge is 2.92. The lowest BCUT2D eigenvalue weighted by molar-refractivity contribution is -0.322. The number of likely N-dealkylation sites (tertiary alicyclic amines) is 1. The Morgan fingerprint density at radius 3 is 2.20 bits per heavy atom. The number of carbonyl (C=O) groups excluding carboxylic acids is 3. The highest BCUT2D eigenvalue weighted by atomic mass is 16.6. The Kier molecular flexibility index (Phi) is 8.49. The number of ether oxygens (including phenoxy) is 7. The van der Waals surface area contributed by atoms with Crippen LogP contribution in [0.3, 0.4) is 0 Å². The van der Waals surface area contributed by atoms with E-state index in [0.29, 0.717) is 19.5 Å². The molecule has 13 nitrogen and oxygen atoms in total. The number of esters is 3. The zero-order chi connectivity index (χ0) is 35.3. The molecule has 0 amide bonds. The predicted octanol–water partition coefficient (Wildman–Crippen LogP) is 1.22. The average molecular weight is 688 g/mol. The molecule has 2 N–H and O–H groups in total. The molecule has 1 heterocycles. The van der Waals surface area contributed by atoms with Gasteiger partial charge in [0.05, 0.1) is 24.4 Å². The van der Waals surface area contributed by atoms with Crippen molar-refractivity contribution in [1.29, 1.82) is 0 Å². The third kappa shape index (κ3) is 4.21. The smallest absolute Gasteiger partial charge is 0.338 e. The summed E-state index contributed by atoms with van der Waals surface area (Å²) in [6, 6.07) is 8.12. The normalized spacial score (nSPS) is 47.4. The van der Waals surface area contributed by atoms with Gasteiger partial charge in [0, 0.05) is 89.9 Å². The highest BCUT2D eigenvalue weighted by Crippen LogP contribution is 2.80. The zero-order valence-corrected chi connectivity index (χ0v) is 29.2. The van der Waals surface area contributed by atoms with Gasteiger partial charge in [-0.05, 0) is 31.0 Å². The number of rotatable bonds is 10. The number of fused-ring (bicyclic) bond motifs is 2. The molecule has 10 unspecified atom stereocenters. The van der Waals surface area contributed by atoms with Gasteiger partial charge in [-0.3, -0.25) is 14.5 Å². The molecule has 5 aliphatic carbocycles. The molecule has 1 spiro atoms. The van der Waals surface area contributed by atoms with Crippen LogP contribution >= 0.6 is 0 Å². The summed E-state index contributed by atoms with van der Waals surface area (Å²) < 4.78 is 43.9. The Balaban J connectivity index is 1.53. The number of piperidine rings is 1. The van der Waals surface area contributed by atoms with Crippen molar-refractivity contribution in [2.45, 2.75) is 87.5 Å². The number of benzene rings is 1. The van der Waals surface area contributed by atoms with Crippen LogP contribution in [0.2, 0.25) is 0 Å². The molecule has 0 aromatic heterocycles. The van der Waals surface area contributed by atoms with Crippen molar-refractivity contribution in [2.24, 2.45) is 34.5 Å². The van der Waals surface area contributed by atoms with E-state index in [0.717, 1.165) is 0 Å². The molecule has 49 heavy (non-hydrogen) atoms. The molecule has 1 aliphatic heterocycles. The Bertz CT molecular complexity index is 1480. The van der Waals surface area contributed by atoms with Crippen molar-refractivity contribution in [2.75, 3.05) is 48.1 Å². The fourth-order valence-electron chi connectivity index (χ4n) is 12.7. The van der Waals surface area contributed by atoms with Crippen LogP contribution in [0.5, 0.6) is 0 Å². The van der Waals surface area contributed by atoms with E-state index >= 15 is 0 Å². The van der Waals surface area contributed by atoms with Crippen molar-refractivity contribution in [3.05, 3.63) is 35.9 Å². The SMILES string of the molecule is CCN1CC2(COC)C(OC(C)=O)CC(OC)C34C5C[C@]6(O)C(OC)C(O)[C@](OC(C)=O)(C(C(OC)[C@H]23)[C@@H]14)[C@H]5C6OC(=O)c1ccccc1. The third-order valence-electron chi connectivity index (χ3n) is 13.4. The van der Waals surface area contributed by atoms with E-state index in [1.165, 1.54) is 21.0 Å². The Morgan fingerprint density at radius 2 is 1.63 bits per heavy atom. The molecule has 6 fully saturated rings. The van der Waals surface area contributed by atoms with Gasteiger partial charge in [-0.25, -0.2) is 4.79 Å². The van der Waals surface area contributed by atoms with Crippen molar-refractivity contribution in [3.63, 3.8) is 0 Å². The lowest BCUT2D eigenvalue weighted by Crippen LogP contribution is -2.81. The van der Waals surface area contributed by atoms with E-state index in [2.05, 4.69) is 4.90 Å². The quantitative estimate of drug-likeness (QED) is 0.267. The van der Waals surface area contributed by atoms with Crippen molar-refractivity contribution < 1.29 is 57.8 Å². The van der Waals surface area contributed by atoms with Crippen LogP contribution in [-0.2, 0) is 42.7 Å². The minimum atomic E-state index is -1.86. The molecular formula is C36H49NO12. The Morgan fingerprint density at radius 1 is 0.918 bits per heavy atom. The van der Waals surface area contributed by atoms with Crippen LogP contribution in [0.25, 0.3) is 0 Å². The van der Waals surface area contributed by atoms with Gasteiger partial charge in [-0.1, -0.05) is 25.1 Å². The summed E-state index contributed by atoms with van der Waals surface area (Å²) in [6.45, 7) is 5.99. The van der Waals surface area contributed by atoms with Crippen molar-refractivity contribution in [1.82, 2.24) is 4.90 Å². The predicted molar refractivity (Wildman–Crippen MR) is 170 cm³/mol. The molecule has 1 aromatic rings. The first kappa shape index (κ1) is 34.8. The molecule has 1 saturated heterocycles. The third-order valence-corrected chi connectivity index (χ3v) is 13.4. The van der Waals surface area contributed by atoms with E-state index in [-0.39, 0.29) is 24.6 Å². The molecule has 7 rings (SSSR count). The molecule has 1 aromatic carbocycles. The van der Waals surface area contributed by atoms with Gasteiger partial charge >= 0.3 is 17.9 Å². The molecule has 7 bridgehead atoms. The van der Waals surface area contributed by atoms with Crippen LogP contribution in [0, 0.1) is 34.5 Å². The number of aliphatic hydroxyl groups is 2. The first-order valence-corrected chi connectivity index (χ1v) is 17.2. The number of methoxy groups -OCH3 is 4. The highest BCUT2D eigenvalue weighted by molar-refractivity contribution is 5.89. The second-order valence-corrected chi connectivity index (χ2v) is 15.0. The summed E-state index contributed by atoms with van der Waals surface area (Å²) in [5, 5.41) is 25.5. The molecule has 270 valence electrons. The molecule has 13 heteroatoms. The van der Waals surface area contributed by atoms with Crippen molar-refractivity contribution in [3.8, 4) is 0 Å². The van der Waals surface area contributed by atoms with Crippen LogP contribution < -0.4 is 0 Å². The molecule has 0 radical (unpaired) electrons. The largest absolute Gasteiger partial charge is 0.462 e. The van der Waals surface area contributed by atoms with Gasteiger partial charge in [0.2, 0.25) is 0 Å². The van der Waals surface area contributed by atoms with E-state index in [4.69, 9.17) is 33.2 Å². The standard InChI is InChI=1S/C36H49NO12/c1-8-37-16-33(17-43-4)22(47-18(2)38)14-23(44-5)35-21-15-34(42)30(48-32(41)20-12-10-9-11-13-20)24(21)36(49-19(3)39,29(40)31(34)46-7)25(28(35)37)26(45-6)27(33)35/h9-13,21-31,40,42H,8,14-17H2,1-7H3/t21?,22?,23?,24-,25?,26?,27-,28-,29?,30?,31?,33?,34-,35?,36-/m1/s1. The summed E-state index contributed by atoms with van der Waals surface area (Å²) >= 11 is 0. The van der Waals surface area contributed by atoms with E-state index in [1.807, 2.05) is 6.92 Å². The summed E-state index contributed by atoms with van der Waals surface area (Å²) in [7, 11) is 6.25. The molecule has 6 aliphatic rings. The molecular weight excluding hydrogens is 638 g/mol. The lowest BCUT2D eigenvalue weighted by atomic mass is 9.42. The van der Waals surface area contributed by atoms with Gasteiger partial charge in [0.15, 0.2) is 5.60 Å². The summed E-state index contributed by atoms with van der Waals surface area (Å²) in [4.78, 5) is 42.2. The lowest BCUT2D eigenvalue weighted by Gasteiger charge is -2.70. The van der Waals surface area contributed by atoms with Gasteiger partial charge in [-0.15, -0.1) is 0 Å². The number of carbonyl (C=O) groups is 3. The fraction of sp³-hybridized carbons (Fsp3) is 0.750. The molecule has 5 saturated carbocycles. The average Bonchev–Trinajstić information content (AvgIpc) is 3.44. The van der Waals surface area contributed by atoms with Gasteiger partial charge in [0.25, 0.3) is 0 Å². The second kappa shape index (κ2) is 12.0. The maximum atomic E-state index is 13.8. The van der Waals surface area contributed by atoms with Crippen molar-refractivity contribution >= 4 is 17.9 Å². The van der Waals surface area contributed by atoms with E-state index < -0.39 is 100 Å². The zero-order valence-electron chi connectivity index (χ0n) is 29.2. The first-order chi connectivity index (χ1) is 23.4. The Labute approximate surface area is 286 Å². The van der Waals surface area contributed by atoms with Gasteiger partial charge < -0.3 is 43.4 Å². The minimum absolute atomic E-state index is 0.0534. The summed E-state index contributed by atoms with van der Waals surface area (Å²) in [5.41, 5.74) is -4.92. The van der Waals surface area contributed by atoms with Gasteiger partial charge in [0.1, 0.15) is 30.0 Å². The van der Waals surface area contributed by atoms with E-state index in [9.17, 15) is 24.6 Å². The van der Waals surface area contributed by atoms with Crippen LogP contribution in [0.1, 0.15) is 44.0 Å². The maximum Gasteiger partial charge on any atom is 0.338 e. The van der Waals surface area contributed by atoms with Crippen LogP contribution in [0.4, 0.5) is 0 Å². The first-order valence-electron chi connectivity index (χ1n) is 17.2. The van der Waals surface area contributed by atoms with Crippen LogP contribution in [0.15, 0.2) is 30.3 Å². The number of nitrogens with zero attached hydrogens (tertiary/aromatic N) is 1. The monoisotopic (exact) mass is 687 g/mol. The van der Waals surface area contributed by atoms with Crippen LogP contribution in [-0.4, -0.2) is 135 Å². The fourth-order valence-corrected chi connectivity index (χ4v) is 12.7. The minimum Gasteiger partial charge on any atom is -0.462 e. The van der Waals surface area contributed by atoms with Gasteiger partial charge in [-0.2, -0.15) is 0 Å². The number of hydrogen-bond acceptors (Lipinski definition) is 13. The summed E-state index contributed by atoms with van der Waals surface area (Å²) in [5.74, 6) is -4.24. The molecule has 15 atom stereocenters. The van der Waals surface area contributed by atoms with E-state index in [1.54, 1.807) is 51.7 Å². The maximum absolute atomic E-state index is 13.8. The second-order valence-electron chi connectivity index (χ2n) is 15.0. The Hall–Kier alpha value is -2.65. The number of hydrogen-bond donors (Lipinski definition) is 2. The summed E-state index contributed by atoms with van der Waals surface area (Å²) in [6.07, 6.45) is -5.45.